The number of nitrogens with two attached hydrogens (primary N) is 1. The first-order chi connectivity index (χ1) is 18.4. The van der Waals surface area contributed by atoms with E-state index in [0.717, 1.165) is 25.7 Å². The number of rotatable bonds is 18. The second-order valence-electron chi connectivity index (χ2n) is 10.5. The van der Waals surface area contributed by atoms with Gasteiger partial charge in [-0.25, -0.2) is 0 Å². The van der Waals surface area contributed by atoms with Crippen LogP contribution in [0.5, 0.6) is 11.5 Å². The van der Waals surface area contributed by atoms with Gasteiger partial charge < -0.3 is 24.7 Å². The molecule has 0 heterocycles. The summed E-state index contributed by atoms with van der Waals surface area (Å²) in [6.45, 7) is 11.1. The van der Waals surface area contributed by atoms with Crippen LogP contribution in [-0.4, -0.2) is 42.6 Å². The van der Waals surface area contributed by atoms with Gasteiger partial charge in [0.1, 0.15) is 18.8 Å². The number of unbranched alkanes of at least 4 members (excludes halogenated alkanes) is 4. The highest BCUT2D eigenvalue weighted by Crippen LogP contribution is 2.30. The van der Waals surface area contributed by atoms with Crippen molar-refractivity contribution in [2.45, 2.75) is 118 Å². The number of esters is 4. The Balaban J connectivity index is 2.84. The summed E-state index contributed by atoms with van der Waals surface area (Å²) in [5.74, 6) is -1.60. The molecule has 0 aromatic heterocycles. The molecule has 2 N–H and O–H groups in total. The van der Waals surface area contributed by atoms with Crippen LogP contribution in [0.15, 0.2) is 18.2 Å². The van der Waals surface area contributed by atoms with E-state index in [-0.39, 0.29) is 43.3 Å². The molecule has 0 aliphatic carbocycles. The summed E-state index contributed by atoms with van der Waals surface area (Å²) in [4.78, 5) is 49.4. The Morgan fingerprint density at radius 2 is 1.44 bits per heavy atom. The van der Waals surface area contributed by atoms with Crippen molar-refractivity contribution in [2.75, 3.05) is 6.61 Å². The fourth-order valence-electron chi connectivity index (χ4n) is 3.39. The summed E-state index contributed by atoms with van der Waals surface area (Å²) in [6.07, 6.45) is 5.78. The molecule has 1 aromatic rings. The van der Waals surface area contributed by atoms with Crippen LogP contribution in [-0.2, 0) is 35.1 Å². The maximum atomic E-state index is 12.5. The van der Waals surface area contributed by atoms with Crippen LogP contribution in [0.4, 0.5) is 0 Å². The molecule has 2 atom stereocenters. The van der Waals surface area contributed by atoms with Crippen molar-refractivity contribution in [3.63, 3.8) is 0 Å². The van der Waals surface area contributed by atoms with Gasteiger partial charge in [-0.3, -0.25) is 19.2 Å². The van der Waals surface area contributed by atoms with Crippen molar-refractivity contribution >= 4 is 23.9 Å². The maximum Gasteiger partial charge on any atom is 0.323 e. The van der Waals surface area contributed by atoms with Gasteiger partial charge in [0, 0.05) is 12.8 Å². The smallest absolute Gasteiger partial charge is 0.323 e. The van der Waals surface area contributed by atoms with E-state index in [9.17, 15) is 19.2 Å². The zero-order chi connectivity index (χ0) is 29.4. The van der Waals surface area contributed by atoms with Crippen LogP contribution in [0.1, 0.15) is 105 Å². The summed E-state index contributed by atoms with van der Waals surface area (Å²) < 4.78 is 21.6. The molecule has 0 aliphatic heterocycles. The molecule has 220 valence electrons. The highest BCUT2D eigenvalue weighted by molar-refractivity contribution is 5.78. The molecule has 0 bridgehead atoms. The number of hydrogen-bond acceptors (Lipinski definition) is 9. The zero-order valence-electron chi connectivity index (χ0n) is 24.5. The van der Waals surface area contributed by atoms with E-state index in [1.165, 1.54) is 6.07 Å². The summed E-state index contributed by atoms with van der Waals surface area (Å²) in [6, 6.07) is 3.75. The molecule has 0 saturated carbocycles. The van der Waals surface area contributed by atoms with Crippen molar-refractivity contribution < 1.29 is 38.1 Å². The molecule has 0 radical (unpaired) electrons. The minimum atomic E-state index is -1.00. The Morgan fingerprint density at radius 1 is 0.872 bits per heavy atom. The Kier molecular flexibility index (Phi) is 15.4. The Bertz CT molecular complexity index is 943. The third-order valence-electron chi connectivity index (χ3n) is 6.39. The van der Waals surface area contributed by atoms with Crippen molar-refractivity contribution in [2.24, 2.45) is 11.1 Å². The predicted octanol–water partition coefficient (Wildman–Crippen LogP) is 5.44. The number of hydrogen-bond donors (Lipinski definition) is 1. The van der Waals surface area contributed by atoms with Gasteiger partial charge in [0.25, 0.3) is 0 Å². The molecule has 0 fully saturated rings. The van der Waals surface area contributed by atoms with Crippen LogP contribution in [0, 0.1) is 5.41 Å². The molecule has 0 saturated heterocycles. The third-order valence-corrected chi connectivity index (χ3v) is 6.39. The molecule has 0 amide bonds. The summed E-state index contributed by atoms with van der Waals surface area (Å²) >= 11 is 0. The van der Waals surface area contributed by atoms with Gasteiger partial charge in [0.2, 0.25) is 0 Å². The van der Waals surface area contributed by atoms with Crippen molar-refractivity contribution in [1.29, 1.82) is 0 Å². The van der Waals surface area contributed by atoms with Gasteiger partial charge in [-0.15, -0.1) is 0 Å². The molecule has 1 aromatic carbocycles. The van der Waals surface area contributed by atoms with E-state index in [1.54, 1.807) is 32.9 Å². The molecule has 39 heavy (non-hydrogen) atoms. The fourth-order valence-corrected chi connectivity index (χ4v) is 3.39. The topological polar surface area (TPSA) is 131 Å². The van der Waals surface area contributed by atoms with Gasteiger partial charge in [-0.1, -0.05) is 52.5 Å². The monoisotopic (exact) mass is 549 g/mol. The lowest BCUT2D eigenvalue weighted by Crippen LogP contribution is -2.37. The normalized spacial score (nSPS) is 12.8. The van der Waals surface area contributed by atoms with E-state index in [4.69, 9.17) is 24.7 Å². The summed E-state index contributed by atoms with van der Waals surface area (Å²) in [7, 11) is 0. The fraction of sp³-hybridized carbons (Fsp3) is 0.667. The lowest BCUT2D eigenvalue weighted by molar-refractivity contribution is -0.166. The lowest BCUT2D eigenvalue weighted by Gasteiger charge is -2.23. The van der Waals surface area contributed by atoms with E-state index in [2.05, 4.69) is 0 Å². The van der Waals surface area contributed by atoms with Crippen molar-refractivity contribution in [3.8, 4) is 11.5 Å². The average molecular weight is 550 g/mol. The zero-order valence-corrected chi connectivity index (χ0v) is 24.5. The highest BCUT2D eigenvalue weighted by Gasteiger charge is 2.29. The van der Waals surface area contributed by atoms with Crippen LogP contribution in [0.3, 0.4) is 0 Å². The standard InChI is InChI=1S/C30H47NO8/c1-7-10-12-14-26(32)38-24-17-16-22(19-25(24)39-27(33)15-13-11-8-2)18-23(31)28(34)36-20-21(4)37-29(35)30(5,6)9-3/h16-17,19,21,23H,7-15,18,20,31H2,1-6H3/t21-,23-/m0/s1. The van der Waals surface area contributed by atoms with E-state index < -0.39 is 35.5 Å². The van der Waals surface area contributed by atoms with E-state index >= 15 is 0 Å². The van der Waals surface area contributed by atoms with Crippen molar-refractivity contribution in [1.82, 2.24) is 0 Å². The van der Waals surface area contributed by atoms with Crippen LogP contribution >= 0.6 is 0 Å². The van der Waals surface area contributed by atoms with Gasteiger partial charge in [-0.2, -0.15) is 0 Å². The minimum absolute atomic E-state index is 0.0982. The average Bonchev–Trinajstić information content (AvgIpc) is 2.88. The quantitative estimate of drug-likeness (QED) is 0.144. The largest absolute Gasteiger partial charge is 0.461 e. The molecule has 1 rings (SSSR count). The molecule has 0 unspecified atom stereocenters. The van der Waals surface area contributed by atoms with Gasteiger partial charge in [0.05, 0.1) is 5.41 Å². The lowest BCUT2D eigenvalue weighted by atomic mass is 9.91. The van der Waals surface area contributed by atoms with Crippen LogP contribution in [0.2, 0.25) is 0 Å². The number of carbonyl (C=O) groups excluding carboxylic acids is 4. The second-order valence-corrected chi connectivity index (χ2v) is 10.5. The maximum absolute atomic E-state index is 12.5. The van der Waals surface area contributed by atoms with E-state index in [1.807, 2.05) is 20.8 Å². The summed E-state index contributed by atoms with van der Waals surface area (Å²) in [5.41, 5.74) is 6.05. The molecule has 9 heteroatoms. The number of ether oxygens (including phenoxy) is 4. The molecule has 0 aliphatic rings. The first-order valence-corrected chi connectivity index (χ1v) is 14.1. The molecular weight excluding hydrogens is 502 g/mol. The predicted molar refractivity (Wildman–Crippen MR) is 148 cm³/mol. The Morgan fingerprint density at radius 3 is 1.97 bits per heavy atom. The van der Waals surface area contributed by atoms with Gasteiger partial charge in [0.15, 0.2) is 11.5 Å². The Hall–Kier alpha value is -2.94. The number of benzene rings is 1. The highest BCUT2D eigenvalue weighted by atomic mass is 16.6. The molecule has 9 nitrogen and oxygen atoms in total. The first-order valence-electron chi connectivity index (χ1n) is 14.1. The van der Waals surface area contributed by atoms with Crippen LogP contribution < -0.4 is 15.2 Å². The van der Waals surface area contributed by atoms with Crippen LogP contribution in [0.25, 0.3) is 0 Å². The molecule has 0 spiro atoms. The van der Waals surface area contributed by atoms with Gasteiger partial charge >= 0.3 is 23.9 Å². The number of carbonyl (C=O) groups is 4. The molecular formula is C30H47NO8. The van der Waals surface area contributed by atoms with E-state index in [0.29, 0.717) is 24.8 Å². The first kappa shape index (κ1) is 34.1. The van der Waals surface area contributed by atoms with Crippen molar-refractivity contribution in [3.05, 3.63) is 23.8 Å². The second kappa shape index (κ2) is 17.6. The minimum Gasteiger partial charge on any atom is -0.461 e. The summed E-state index contributed by atoms with van der Waals surface area (Å²) in [5, 5.41) is 0. The SMILES string of the molecule is CCCCCC(=O)Oc1ccc(C[C@H](N)C(=O)OC[C@H](C)OC(=O)C(C)(C)CC)cc1OC(=O)CCCCC. The third kappa shape index (κ3) is 13.1. The van der Waals surface area contributed by atoms with Gasteiger partial charge in [-0.05, 0) is 64.2 Å². The Labute approximate surface area is 233 Å².